The number of ether oxygens (including phenoxy) is 3. The highest BCUT2D eigenvalue weighted by molar-refractivity contribution is 6.83. The van der Waals surface area contributed by atoms with Crippen LogP contribution in [0, 0.1) is 5.92 Å². The first-order chi connectivity index (χ1) is 21.1. The van der Waals surface area contributed by atoms with Crippen LogP contribution in [0.25, 0.3) is 0 Å². The van der Waals surface area contributed by atoms with Gasteiger partial charge < -0.3 is 29.1 Å². The minimum absolute atomic E-state index is 0.0501. The molecular formula is C35H54ClNO7Si. The first-order valence-corrected chi connectivity index (χ1v) is 18.5. The van der Waals surface area contributed by atoms with Crippen molar-refractivity contribution in [2.24, 2.45) is 5.92 Å². The van der Waals surface area contributed by atoms with Gasteiger partial charge in [0.05, 0.1) is 30.4 Å². The number of esters is 1. The molecule has 0 bridgehead atoms. The molecule has 5 unspecified atom stereocenters. The number of amides is 1. The zero-order chi connectivity index (χ0) is 33.8. The number of alkyl carbamates (subject to hydrolysis) is 1. The molecule has 2 N–H and O–H groups in total. The molecule has 0 saturated heterocycles. The van der Waals surface area contributed by atoms with Gasteiger partial charge in [0.1, 0.15) is 12.2 Å². The van der Waals surface area contributed by atoms with Gasteiger partial charge in [0.15, 0.2) is 6.04 Å². The fourth-order valence-electron chi connectivity index (χ4n) is 5.75. The lowest BCUT2D eigenvalue weighted by atomic mass is 9.92. The molecule has 0 aliphatic carbocycles. The molecule has 0 radical (unpaired) electrons. The summed E-state index contributed by atoms with van der Waals surface area (Å²) >= 11 is 6.87. The van der Waals surface area contributed by atoms with Gasteiger partial charge in [-0.25, -0.2) is 9.59 Å². The van der Waals surface area contributed by atoms with Crippen LogP contribution in [-0.2, 0) is 36.5 Å². The quantitative estimate of drug-likeness (QED) is 0.105. The second kappa shape index (κ2) is 18.0. The zero-order valence-corrected chi connectivity index (χ0v) is 30.2. The standard InChI is InChI=1S/C35H54ClNO7Si/c1-24(2)45(25(3)4,27(6)36)44-32(26(5)38)30(20-28-16-12-10-13-17-28)22-41-23-31(37-34(40)43-35(7,8)9)33(39)42-21-29-18-14-11-15-19-29/h10-19,24-27,30-32,38H,20-23H2,1-9H3,(H,37,40). The van der Waals surface area contributed by atoms with E-state index in [1.807, 2.05) is 67.6 Å². The summed E-state index contributed by atoms with van der Waals surface area (Å²) in [5.74, 6) is -0.927. The van der Waals surface area contributed by atoms with Crippen LogP contribution < -0.4 is 5.32 Å². The average Bonchev–Trinajstić information content (AvgIpc) is 2.95. The van der Waals surface area contributed by atoms with Crippen LogP contribution in [0.2, 0.25) is 11.1 Å². The van der Waals surface area contributed by atoms with Crippen molar-refractivity contribution in [2.45, 2.75) is 115 Å². The van der Waals surface area contributed by atoms with Crippen molar-refractivity contribution >= 4 is 32.0 Å². The molecule has 45 heavy (non-hydrogen) atoms. The molecule has 0 fully saturated rings. The Morgan fingerprint density at radius 2 is 1.40 bits per heavy atom. The molecule has 0 saturated carbocycles. The molecule has 2 rings (SSSR count). The van der Waals surface area contributed by atoms with Crippen LogP contribution in [-0.4, -0.2) is 67.6 Å². The number of hydrogen-bond acceptors (Lipinski definition) is 7. The van der Waals surface area contributed by atoms with Crippen molar-refractivity contribution in [2.75, 3.05) is 13.2 Å². The molecule has 0 aliphatic heterocycles. The van der Waals surface area contributed by atoms with Crippen molar-refractivity contribution in [1.82, 2.24) is 5.32 Å². The fraction of sp³-hybridized carbons (Fsp3) is 0.600. The predicted molar refractivity (Wildman–Crippen MR) is 182 cm³/mol. The Morgan fingerprint density at radius 1 is 0.867 bits per heavy atom. The van der Waals surface area contributed by atoms with Crippen LogP contribution in [0.15, 0.2) is 60.7 Å². The van der Waals surface area contributed by atoms with E-state index in [0.29, 0.717) is 6.42 Å². The normalized spacial score (nSPS) is 15.7. The third-order valence-electron chi connectivity index (χ3n) is 7.86. The first-order valence-electron chi connectivity index (χ1n) is 15.9. The molecule has 10 heteroatoms. The van der Waals surface area contributed by atoms with E-state index in [0.717, 1.165) is 11.1 Å². The van der Waals surface area contributed by atoms with Crippen molar-refractivity contribution in [3.63, 3.8) is 0 Å². The van der Waals surface area contributed by atoms with E-state index in [-0.39, 0.29) is 41.8 Å². The lowest BCUT2D eigenvalue weighted by Gasteiger charge is -2.46. The molecule has 0 spiro atoms. The Labute approximate surface area is 276 Å². The lowest BCUT2D eigenvalue weighted by molar-refractivity contribution is -0.149. The molecule has 0 aliphatic rings. The molecule has 8 nitrogen and oxygen atoms in total. The van der Waals surface area contributed by atoms with Crippen molar-refractivity contribution in [1.29, 1.82) is 0 Å². The maximum atomic E-state index is 13.2. The number of hydrogen-bond donors (Lipinski definition) is 2. The molecular weight excluding hydrogens is 610 g/mol. The smallest absolute Gasteiger partial charge is 0.408 e. The van der Waals surface area contributed by atoms with E-state index in [9.17, 15) is 14.7 Å². The summed E-state index contributed by atoms with van der Waals surface area (Å²) < 4.78 is 24.2. The number of carbonyl (C=O) groups excluding carboxylic acids is 2. The minimum Gasteiger partial charge on any atom is -0.459 e. The Morgan fingerprint density at radius 3 is 1.87 bits per heavy atom. The topological polar surface area (TPSA) is 103 Å². The molecule has 2 aromatic carbocycles. The first kappa shape index (κ1) is 38.7. The van der Waals surface area contributed by atoms with Gasteiger partial charge in [-0.2, -0.15) is 0 Å². The van der Waals surface area contributed by atoms with E-state index >= 15 is 0 Å². The van der Waals surface area contributed by atoms with Crippen LogP contribution in [0.4, 0.5) is 4.79 Å². The molecule has 1 amide bonds. The van der Waals surface area contributed by atoms with Gasteiger partial charge in [-0.05, 0) is 63.2 Å². The molecule has 5 atom stereocenters. The molecule has 252 valence electrons. The number of rotatable bonds is 17. The van der Waals surface area contributed by atoms with Crippen molar-refractivity contribution in [3.8, 4) is 0 Å². The van der Waals surface area contributed by atoms with Crippen LogP contribution in [0.1, 0.15) is 73.4 Å². The number of halogens is 1. The van der Waals surface area contributed by atoms with E-state index in [2.05, 4.69) is 33.0 Å². The van der Waals surface area contributed by atoms with E-state index in [1.165, 1.54) is 0 Å². The number of aliphatic hydroxyl groups is 1. The molecule has 0 heterocycles. The van der Waals surface area contributed by atoms with Gasteiger partial charge in [-0.3, -0.25) is 0 Å². The Hall–Kier alpha value is -2.43. The van der Waals surface area contributed by atoms with Gasteiger partial charge in [0.2, 0.25) is 8.32 Å². The summed E-state index contributed by atoms with van der Waals surface area (Å²) in [7, 11) is -2.60. The highest BCUT2D eigenvalue weighted by atomic mass is 35.5. The number of alkyl halides is 1. The van der Waals surface area contributed by atoms with Crippen LogP contribution >= 0.6 is 11.6 Å². The average molecular weight is 664 g/mol. The van der Waals surface area contributed by atoms with E-state index < -0.39 is 44.2 Å². The maximum absolute atomic E-state index is 13.2. The second-order valence-electron chi connectivity index (χ2n) is 13.4. The number of carbonyl (C=O) groups is 2. The summed E-state index contributed by atoms with van der Waals surface area (Å²) in [6, 6.07) is 18.1. The van der Waals surface area contributed by atoms with Crippen molar-refractivity contribution in [3.05, 3.63) is 71.8 Å². The highest BCUT2D eigenvalue weighted by Crippen LogP contribution is 2.41. The van der Waals surface area contributed by atoms with Crippen molar-refractivity contribution < 1.29 is 33.3 Å². The minimum atomic E-state index is -2.60. The van der Waals surface area contributed by atoms with Crippen LogP contribution in [0.5, 0.6) is 0 Å². The van der Waals surface area contributed by atoms with Crippen LogP contribution in [0.3, 0.4) is 0 Å². The largest absolute Gasteiger partial charge is 0.459 e. The zero-order valence-electron chi connectivity index (χ0n) is 28.4. The number of benzene rings is 2. The SMILES string of the molecule is CC(O)C(O[Si](C(C)C)(C(C)C)C(C)Cl)C(COCC(NC(=O)OC(C)(C)C)C(=O)OCc1ccccc1)Cc1ccccc1. The third-order valence-corrected chi connectivity index (χ3v) is 14.4. The van der Waals surface area contributed by atoms with Gasteiger partial charge in [0.25, 0.3) is 0 Å². The molecule has 0 aromatic heterocycles. The van der Waals surface area contributed by atoms with E-state index in [1.54, 1.807) is 27.7 Å². The van der Waals surface area contributed by atoms with Gasteiger partial charge in [-0.1, -0.05) is 88.4 Å². The highest BCUT2D eigenvalue weighted by Gasteiger charge is 2.49. The third kappa shape index (κ3) is 12.4. The number of nitrogens with one attached hydrogen (secondary N) is 1. The second-order valence-corrected chi connectivity index (χ2v) is 19.5. The van der Waals surface area contributed by atoms with Gasteiger partial charge >= 0.3 is 12.1 Å². The summed E-state index contributed by atoms with van der Waals surface area (Å²) in [5.41, 5.74) is 1.53. The Kier molecular flexibility index (Phi) is 15.5. The van der Waals surface area contributed by atoms with E-state index in [4.69, 9.17) is 30.2 Å². The number of aliphatic hydroxyl groups excluding tert-OH is 1. The van der Waals surface area contributed by atoms with Gasteiger partial charge in [0, 0.05) is 5.92 Å². The summed E-state index contributed by atoms with van der Waals surface area (Å²) in [6.07, 6.45) is -1.57. The fourth-order valence-corrected chi connectivity index (χ4v) is 12.2. The lowest BCUT2D eigenvalue weighted by Crippen LogP contribution is -2.57. The summed E-state index contributed by atoms with van der Waals surface area (Å²) in [6.45, 7) is 17.6. The molecule has 2 aromatic rings. The Bertz CT molecular complexity index is 1130. The van der Waals surface area contributed by atoms with Gasteiger partial charge in [-0.15, -0.1) is 11.6 Å². The monoisotopic (exact) mass is 663 g/mol. The summed E-state index contributed by atoms with van der Waals surface area (Å²) in [5, 5.41) is 13.5. The Balaban J connectivity index is 2.32. The predicted octanol–water partition coefficient (Wildman–Crippen LogP) is 7.20. The summed E-state index contributed by atoms with van der Waals surface area (Å²) in [4.78, 5) is 25.9. The maximum Gasteiger partial charge on any atom is 0.408 e.